The fraction of sp³-hybridized carbons (Fsp3) is 0.227. The number of urea groups is 1. The van der Waals surface area contributed by atoms with Crippen molar-refractivity contribution in [2.45, 2.75) is 13.0 Å². The van der Waals surface area contributed by atoms with Crippen LogP contribution in [0, 0.1) is 18.6 Å². The minimum Gasteiger partial charge on any atom is -0.466 e. The van der Waals surface area contributed by atoms with E-state index < -0.39 is 35.8 Å². The average molecular weight is 446 g/mol. The predicted molar refractivity (Wildman–Crippen MR) is 108 cm³/mol. The summed E-state index contributed by atoms with van der Waals surface area (Å²) in [5.74, 6) is -3.12. The average Bonchev–Trinajstić information content (AvgIpc) is 2.76. The van der Waals surface area contributed by atoms with E-state index in [1.807, 2.05) is 6.92 Å². The van der Waals surface area contributed by atoms with E-state index in [4.69, 9.17) is 14.2 Å². The minimum absolute atomic E-state index is 0.0125. The van der Waals surface area contributed by atoms with E-state index >= 15 is 0 Å². The fourth-order valence-corrected chi connectivity index (χ4v) is 3.21. The Hall–Kier alpha value is -3.79. The van der Waals surface area contributed by atoms with Gasteiger partial charge in [-0.2, -0.15) is 0 Å². The maximum atomic E-state index is 14.0. The van der Waals surface area contributed by atoms with E-state index in [9.17, 15) is 23.2 Å². The number of nitrogens with zero attached hydrogens (tertiary/aromatic N) is 1. The van der Waals surface area contributed by atoms with Crippen LogP contribution in [-0.2, 0) is 14.3 Å². The lowest BCUT2D eigenvalue weighted by Gasteiger charge is -2.36. The van der Waals surface area contributed by atoms with Crippen LogP contribution in [-0.4, -0.2) is 43.8 Å². The molecule has 0 aliphatic carbocycles. The first-order valence-electron chi connectivity index (χ1n) is 9.40. The number of esters is 1. The third-order valence-corrected chi connectivity index (χ3v) is 4.71. The van der Waals surface area contributed by atoms with Crippen LogP contribution in [0.15, 0.2) is 53.7 Å². The van der Waals surface area contributed by atoms with Crippen LogP contribution in [0.1, 0.15) is 17.2 Å². The summed E-state index contributed by atoms with van der Waals surface area (Å²) in [5.41, 5.74) is 0.688. The van der Waals surface area contributed by atoms with Gasteiger partial charge < -0.3 is 19.5 Å². The van der Waals surface area contributed by atoms with Gasteiger partial charge in [0.05, 0.1) is 25.0 Å². The molecule has 10 heteroatoms. The summed E-state index contributed by atoms with van der Waals surface area (Å²) in [7, 11) is 2.44. The van der Waals surface area contributed by atoms with Crippen molar-refractivity contribution in [3.8, 4) is 5.75 Å². The molecule has 0 spiro atoms. The maximum Gasteiger partial charge on any atom is 0.424 e. The van der Waals surface area contributed by atoms with E-state index in [1.165, 1.54) is 19.2 Å². The first-order valence-corrected chi connectivity index (χ1v) is 9.40. The van der Waals surface area contributed by atoms with Crippen molar-refractivity contribution in [1.29, 1.82) is 0 Å². The van der Waals surface area contributed by atoms with Gasteiger partial charge in [-0.1, -0.05) is 23.8 Å². The molecule has 8 nitrogen and oxygen atoms in total. The van der Waals surface area contributed by atoms with Gasteiger partial charge in [0.1, 0.15) is 11.8 Å². The monoisotopic (exact) mass is 446 g/mol. The van der Waals surface area contributed by atoms with Crippen molar-refractivity contribution in [3.05, 3.63) is 76.5 Å². The first-order chi connectivity index (χ1) is 15.3. The molecule has 0 fully saturated rings. The number of carbonyl (C=O) groups excluding carboxylic acids is 3. The van der Waals surface area contributed by atoms with E-state index in [-0.39, 0.29) is 29.2 Å². The summed E-state index contributed by atoms with van der Waals surface area (Å²) in [6.07, 6.45) is -1.14. The van der Waals surface area contributed by atoms with Gasteiger partial charge in [-0.3, -0.25) is 0 Å². The molecule has 3 rings (SSSR count). The number of methoxy groups -OCH3 is 2. The third-order valence-electron chi connectivity index (χ3n) is 4.71. The first kappa shape index (κ1) is 22.9. The van der Waals surface area contributed by atoms with Gasteiger partial charge in [-0.05, 0) is 36.8 Å². The highest BCUT2D eigenvalue weighted by atomic mass is 19.2. The Morgan fingerprint density at radius 2 is 1.75 bits per heavy atom. The van der Waals surface area contributed by atoms with Gasteiger partial charge in [0, 0.05) is 7.11 Å². The molecule has 0 unspecified atom stereocenters. The summed E-state index contributed by atoms with van der Waals surface area (Å²) in [6, 6.07) is 6.80. The Kier molecular flexibility index (Phi) is 6.84. The van der Waals surface area contributed by atoms with Crippen LogP contribution in [0.4, 0.5) is 18.4 Å². The molecule has 1 atom stereocenters. The number of nitrogens with one attached hydrogen (secondary N) is 1. The summed E-state index contributed by atoms with van der Waals surface area (Å²) < 4.78 is 42.7. The Labute approximate surface area is 182 Å². The molecule has 2 aromatic rings. The Balaban J connectivity index is 2.13. The van der Waals surface area contributed by atoms with Crippen LogP contribution < -0.4 is 10.1 Å². The van der Waals surface area contributed by atoms with Crippen molar-refractivity contribution < 1.29 is 37.4 Å². The second-order valence-corrected chi connectivity index (χ2v) is 6.87. The number of aryl methyl sites for hydroxylation is 1. The highest BCUT2D eigenvalue weighted by Crippen LogP contribution is 2.35. The second-order valence-electron chi connectivity index (χ2n) is 6.87. The quantitative estimate of drug-likeness (QED) is 0.706. The molecule has 1 aliphatic heterocycles. The molecule has 1 aliphatic rings. The highest BCUT2D eigenvalue weighted by Gasteiger charge is 2.44. The highest BCUT2D eigenvalue weighted by molar-refractivity contribution is 6.01. The molecule has 0 aromatic heterocycles. The van der Waals surface area contributed by atoms with E-state index in [0.29, 0.717) is 4.90 Å². The fourth-order valence-electron chi connectivity index (χ4n) is 3.21. The van der Waals surface area contributed by atoms with Crippen LogP contribution in [0.25, 0.3) is 0 Å². The Morgan fingerprint density at radius 1 is 1.06 bits per heavy atom. The molecule has 3 amide bonds. The molecule has 168 valence electrons. The minimum atomic E-state index is -1.46. The molecular weight excluding hydrogens is 426 g/mol. The molecule has 0 saturated heterocycles. The van der Waals surface area contributed by atoms with Crippen molar-refractivity contribution in [2.75, 3.05) is 20.8 Å². The number of benzene rings is 2. The molecule has 2 aromatic carbocycles. The van der Waals surface area contributed by atoms with Crippen molar-refractivity contribution in [2.24, 2.45) is 0 Å². The Morgan fingerprint density at radius 3 is 2.34 bits per heavy atom. The smallest absolute Gasteiger partial charge is 0.424 e. The van der Waals surface area contributed by atoms with Crippen LogP contribution in [0.5, 0.6) is 5.75 Å². The zero-order valence-electron chi connectivity index (χ0n) is 17.5. The zero-order chi connectivity index (χ0) is 23.4. The number of halogens is 2. The number of hydrogen-bond donors (Lipinski definition) is 1. The van der Waals surface area contributed by atoms with Gasteiger partial charge in [0.2, 0.25) is 0 Å². The summed E-state index contributed by atoms with van der Waals surface area (Å²) in [5, 5.41) is 2.41. The normalized spacial score (nSPS) is 16.0. The Bertz CT molecular complexity index is 1080. The largest absolute Gasteiger partial charge is 0.466 e. The zero-order valence-corrected chi connectivity index (χ0v) is 17.5. The summed E-state index contributed by atoms with van der Waals surface area (Å²) in [6.45, 7) is 1.63. The number of carbonyl (C=O) groups is 3. The SMILES string of the molecule is COCC1=C(C(=O)OC)[C@H](c2ccc(F)c(F)c2)N(C(=O)Oc2ccc(C)cc2)C(=O)N1. The molecule has 0 radical (unpaired) electrons. The van der Waals surface area contributed by atoms with Crippen molar-refractivity contribution in [3.63, 3.8) is 0 Å². The van der Waals surface area contributed by atoms with Gasteiger partial charge in [0.25, 0.3) is 0 Å². The molecular formula is C22H20F2N2O6. The lowest BCUT2D eigenvalue weighted by Crippen LogP contribution is -2.53. The topological polar surface area (TPSA) is 94.2 Å². The summed E-state index contributed by atoms with van der Waals surface area (Å²) >= 11 is 0. The number of ether oxygens (including phenoxy) is 3. The number of hydrogen-bond acceptors (Lipinski definition) is 6. The molecule has 1 heterocycles. The number of amides is 3. The van der Waals surface area contributed by atoms with Crippen LogP contribution in [0.2, 0.25) is 0 Å². The standard InChI is InChI=1S/C22H20F2N2O6/c1-12-4-7-14(8-5-12)32-22(29)26-19(13-6-9-15(23)16(24)10-13)18(20(27)31-3)17(11-30-2)25-21(26)28/h4-10,19H,11H2,1-3H3,(H,25,28)/t19-/m0/s1. The maximum absolute atomic E-state index is 14.0. The van der Waals surface area contributed by atoms with Gasteiger partial charge in [-0.15, -0.1) is 0 Å². The lowest BCUT2D eigenvalue weighted by molar-refractivity contribution is -0.137. The number of imide groups is 1. The molecule has 0 bridgehead atoms. The molecule has 0 saturated carbocycles. The third kappa shape index (κ3) is 4.59. The van der Waals surface area contributed by atoms with E-state index in [2.05, 4.69) is 5.32 Å². The van der Waals surface area contributed by atoms with Gasteiger partial charge >= 0.3 is 18.1 Å². The lowest BCUT2D eigenvalue weighted by atomic mass is 9.93. The van der Waals surface area contributed by atoms with Crippen molar-refractivity contribution in [1.82, 2.24) is 10.2 Å². The van der Waals surface area contributed by atoms with Crippen LogP contribution in [0.3, 0.4) is 0 Å². The number of rotatable bonds is 5. The van der Waals surface area contributed by atoms with E-state index in [1.54, 1.807) is 12.1 Å². The molecule has 1 N–H and O–H groups in total. The second kappa shape index (κ2) is 9.56. The van der Waals surface area contributed by atoms with Crippen molar-refractivity contribution >= 4 is 18.1 Å². The molecule has 32 heavy (non-hydrogen) atoms. The van der Waals surface area contributed by atoms with E-state index in [0.717, 1.165) is 30.9 Å². The summed E-state index contributed by atoms with van der Waals surface area (Å²) in [4.78, 5) is 39.1. The van der Waals surface area contributed by atoms with Crippen LogP contribution >= 0.6 is 0 Å². The predicted octanol–water partition coefficient (Wildman–Crippen LogP) is 3.61. The van der Waals surface area contributed by atoms with Gasteiger partial charge in [-0.25, -0.2) is 28.1 Å². The van der Waals surface area contributed by atoms with Gasteiger partial charge in [0.15, 0.2) is 11.6 Å².